The number of carbonyl (C=O) groups excluding carboxylic acids is 1. The number of amides is 1. The first kappa shape index (κ1) is 23.2. The molecule has 6 heteroatoms. The van der Waals surface area contributed by atoms with Crippen molar-refractivity contribution in [2.75, 3.05) is 13.1 Å². The molecule has 0 aliphatic carbocycles. The number of aryl methyl sites for hydroxylation is 2. The molecule has 0 radical (unpaired) electrons. The zero-order valence-corrected chi connectivity index (χ0v) is 19.9. The standard InChI is InChI=1S/C27H30N2O3S/c1-20-8-12-23(13-9-20)26(22-6-4-3-5-7-22)28-27(30)24-16-18-29(19-17-24)33(31,32)25-14-10-21(2)11-15-25/h3-15,24,26H,16-19H2,1-2H3,(H,28,30). The molecule has 3 aromatic rings. The minimum atomic E-state index is -3.54. The van der Waals surface area contributed by atoms with Crippen LogP contribution < -0.4 is 5.32 Å². The zero-order valence-electron chi connectivity index (χ0n) is 19.1. The summed E-state index contributed by atoms with van der Waals surface area (Å²) in [5, 5.41) is 3.22. The van der Waals surface area contributed by atoms with Crippen molar-refractivity contribution in [1.82, 2.24) is 9.62 Å². The van der Waals surface area contributed by atoms with E-state index >= 15 is 0 Å². The van der Waals surface area contributed by atoms with Crippen molar-refractivity contribution in [1.29, 1.82) is 0 Å². The van der Waals surface area contributed by atoms with Crippen LogP contribution in [0.25, 0.3) is 0 Å². The molecule has 1 aliphatic heterocycles. The molecule has 1 N–H and O–H groups in total. The predicted molar refractivity (Wildman–Crippen MR) is 130 cm³/mol. The second-order valence-corrected chi connectivity index (χ2v) is 10.7. The molecule has 4 rings (SSSR count). The van der Waals surface area contributed by atoms with Crippen molar-refractivity contribution >= 4 is 15.9 Å². The van der Waals surface area contributed by atoms with Crippen LogP contribution >= 0.6 is 0 Å². The molecule has 0 spiro atoms. The van der Waals surface area contributed by atoms with Gasteiger partial charge in [0.05, 0.1) is 10.9 Å². The van der Waals surface area contributed by atoms with Crippen LogP contribution in [-0.4, -0.2) is 31.7 Å². The zero-order chi connectivity index (χ0) is 23.4. The minimum Gasteiger partial charge on any atom is -0.345 e. The van der Waals surface area contributed by atoms with Crippen LogP contribution in [0.4, 0.5) is 0 Å². The van der Waals surface area contributed by atoms with Crippen LogP contribution in [0.5, 0.6) is 0 Å². The fourth-order valence-electron chi connectivity index (χ4n) is 4.24. The lowest BCUT2D eigenvalue weighted by Gasteiger charge is -2.31. The molecule has 1 atom stereocenters. The number of rotatable bonds is 6. The van der Waals surface area contributed by atoms with E-state index in [1.807, 2.05) is 80.6 Å². The maximum Gasteiger partial charge on any atom is 0.243 e. The molecular formula is C27H30N2O3S. The molecule has 1 unspecified atom stereocenters. The van der Waals surface area contributed by atoms with E-state index in [0.717, 1.165) is 16.7 Å². The molecule has 1 heterocycles. The Morgan fingerprint density at radius 3 is 1.91 bits per heavy atom. The van der Waals surface area contributed by atoms with E-state index in [1.54, 1.807) is 12.1 Å². The van der Waals surface area contributed by atoms with Crippen LogP contribution in [0.3, 0.4) is 0 Å². The fraction of sp³-hybridized carbons (Fsp3) is 0.296. The SMILES string of the molecule is Cc1ccc(C(NC(=O)C2CCN(S(=O)(=O)c3ccc(C)cc3)CC2)c2ccccc2)cc1. The topological polar surface area (TPSA) is 66.5 Å². The van der Waals surface area contributed by atoms with Gasteiger partial charge in [0.1, 0.15) is 0 Å². The molecule has 1 fully saturated rings. The summed E-state index contributed by atoms with van der Waals surface area (Å²) in [7, 11) is -3.54. The van der Waals surface area contributed by atoms with Gasteiger partial charge in [-0.1, -0.05) is 77.9 Å². The highest BCUT2D eigenvalue weighted by Crippen LogP contribution is 2.27. The Hall–Kier alpha value is -2.96. The first-order valence-corrected chi connectivity index (χ1v) is 12.8. The van der Waals surface area contributed by atoms with E-state index in [-0.39, 0.29) is 17.9 Å². The maximum atomic E-state index is 13.2. The Bertz CT molecular complexity index is 1180. The van der Waals surface area contributed by atoms with Crippen molar-refractivity contribution in [3.8, 4) is 0 Å². The Labute approximate surface area is 196 Å². The highest BCUT2D eigenvalue weighted by Gasteiger charge is 2.33. The monoisotopic (exact) mass is 462 g/mol. The third-order valence-corrected chi connectivity index (χ3v) is 8.23. The van der Waals surface area contributed by atoms with Gasteiger partial charge in [0.2, 0.25) is 15.9 Å². The van der Waals surface area contributed by atoms with Crippen molar-refractivity contribution in [2.24, 2.45) is 5.92 Å². The second kappa shape index (κ2) is 9.89. The van der Waals surface area contributed by atoms with Crippen LogP contribution in [0.2, 0.25) is 0 Å². The van der Waals surface area contributed by atoms with Gasteiger partial charge in [0.25, 0.3) is 0 Å². The van der Waals surface area contributed by atoms with Crippen molar-refractivity contribution in [3.05, 3.63) is 101 Å². The average molecular weight is 463 g/mol. The number of hydrogen-bond donors (Lipinski definition) is 1. The van der Waals surface area contributed by atoms with E-state index < -0.39 is 10.0 Å². The second-order valence-electron chi connectivity index (χ2n) is 8.75. The molecule has 0 bridgehead atoms. The molecule has 172 valence electrons. The van der Waals surface area contributed by atoms with Gasteiger partial charge in [-0.25, -0.2) is 8.42 Å². The van der Waals surface area contributed by atoms with Gasteiger partial charge in [-0.15, -0.1) is 0 Å². The number of hydrogen-bond acceptors (Lipinski definition) is 3. The lowest BCUT2D eigenvalue weighted by molar-refractivity contribution is -0.126. The minimum absolute atomic E-state index is 0.0307. The Balaban J connectivity index is 1.45. The molecular weight excluding hydrogens is 432 g/mol. The van der Waals surface area contributed by atoms with Crippen molar-refractivity contribution in [2.45, 2.75) is 37.6 Å². The van der Waals surface area contributed by atoms with Gasteiger partial charge < -0.3 is 5.32 Å². The predicted octanol–water partition coefficient (Wildman–Crippen LogP) is 4.61. The van der Waals surface area contributed by atoms with Gasteiger partial charge >= 0.3 is 0 Å². The third-order valence-electron chi connectivity index (χ3n) is 6.31. The van der Waals surface area contributed by atoms with Gasteiger partial charge in [0.15, 0.2) is 0 Å². The normalized spacial score (nSPS) is 16.3. The molecule has 0 saturated carbocycles. The first-order valence-electron chi connectivity index (χ1n) is 11.3. The molecule has 33 heavy (non-hydrogen) atoms. The summed E-state index contributed by atoms with van der Waals surface area (Å²) >= 11 is 0. The maximum absolute atomic E-state index is 13.2. The highest BCUT2D eigenvalue weighted by molar-refractivity contribution is 7.89. The van der Waals surface area contributed by atoms with Gasteiger partial charge in [0, 0.05) is 19.0 Å². The van der Waals surface area contributed by atoms with E-state index in [1.165, 1.54) is 9.87 Å². The number of benzene rings is 3. The van der Waals surface area contributed by atoms with Crippen LogP contribution in [0.1, 0.15) is 41.1 Å². The van der Waals surface area contributed by atoms with Crippen molar-refractivity contribution in [3.63, 3.8) is 0 Å². The summed E-state index contributed by atoms with van der Waals surface area (Å²) in [5.41, 5.74) is 4.23. The summed E-state index contributed by atoms with van der Waals surface area (Å²) < 4.78 is 27.4. The Morgan fingerprint density at radius 1 is 0.818 bits per heavy atom. The summed E-state index contributed by atoms with van der Waals surface area (Å²) in [6.07, 6.45) is 1.01. The highest BCUT2D eigenvalue weighted by atomic mass is 32.2. The van der Waals surface area contributed by atoms with E-state index in [4.69, 9.17) is 0 Å². The van der Waals surface area contributed by atoms with Gasteiger partial charge in [-0.2, -0.15) is 4.31 Å². The molecule has 1 saturated heterocycles. The van der Waals surface area contributed by atoms with Crippen LogP contribution in [0.15, 0.2) is 83.8 Å². The van der Waals surface area contributed by atoms with Crippen LogP contribution in [-0.2, 0) is 14.8 Å². The quantitative estimate of drug-likeness (QED) is 0.582. The van der Waals surface area contributed by atoms with Crippen molar-refractivity contribution < 1.29 is 13.2 Å². The summed E-state index contributed by atoms with van der Waals surface area (Å²) in [5.74, 6) is -0.247. The number of carbonyl (C=O) groups is 1. The van der Waals surface area contributed by atoms with Gasteiger partial charge in [-0.3, -0.25) is 4.79 Å². The Morgan fingerprint density at radius 2 is 1.33 bits per heavy atom. The molecule has 5 nitrogen and oxygen atoms in total. The molecule has 1 amide bonds. The fourth-order valence-corrected chi connectivity index (χ4v) is 5.71. The van der Waals surface area contributed by atoms with Gasteiger partial charge in [-0.05, 0) is 49.9 Å². The van der Waals surface area contributed by atoms with E-state index in [2.05, 4.69) is 5.32 Å². The summed E-state index contributed by atoms with van der Waals surface area (Å²) in [6, 6.07) is 24.8. The number of nitrogens with zero attached hydrogens (tertiary/aromatic N) is 1. The molecule has 0 aromatic heterocycles. The van der Waals surface area contributed by atoms with Crippen LogP contribution in [0, 0.1) is 19.8 Å². The number of nitrogens with one attached hydrogen (secondary N) is 1. The lowest BCUT2D eigenvalue weighted by atomic mass is 9.94. The first-order chi connectivity index (χ1) is 15.8. The largest absolute Gasteiger partial charge is 0.345 e. The summed E-state index contributed by atoms with van der Waals surface area (Å²) in [6.45, 7) is 4.65. The number of piperidine rings is 1. The van der Waals surface area contributed by atoms with E-state index in [0.29, 0.717) is 30.8 Å². The number of sulfonamides is 1. The Kier molecular flexibility index (Phi) is 6.96. The molecule has 3 aromatic carbocycles. The lowest BCUT2D eigenvalue weighted by Crippen LogP contribution is -2.43. The molecule has 1 aliphatic rings. The average Bonchev–Trinajstić information content (AvgIpc) is 2.84. The third kappa shape index (κ3) is 5.34. The van der Waals surface area contributed by atoms with E-state index in [9.17, 15) is 13.2 Å². The summed E-state index contributed by atoms with van der Waals surface area (Å²) in [4.78, 5) is 13.5. The smallest absolute Gasteiger partial charge is 0.243 e.